The molecular weight excluding hydrogens is 168 g/mol. The summed E-state index contributed by atoms with van der Waals surface area (Å²) >= 11 is 0. The van der Waals surface area contributed by atoms with Crippen LogP contribution in [0, 0.1) is 0 Å². The standard InChI is InChI=1S/C11H12.C2H6.CH4/c1-3-10(4-2)11-8-6-5-7-9-11;1-2;/h3-9H,1H2,2H3;1-2H3;1H4/b10-4+;;. The third kappa shape index (κ3) is 4.66. The summed E-state index contributed by atoms with van der Waals surface area (Å²) in [5.41, 5.74) is 2.41. The lowest BCUT2D eigenvalue weighted by molar-refractivity contribution is 1.50. The van der Waals surface area contributed by atoms with E-state index in [-0.39, 0.29) is 7.43 Å². The van der Waals surface area contributed by atoms with Crippen molar-refractivity contribution in [3.05, 3.63) is 54.6 Å². The quantitative estimate of drug-likeness (QED) is 0.579. The molecule has 0 unspecified atom stereocenters. The molecule has 1 aromatic carbocycles. The van der Waals surface area contributed by atoms with Gasteiger partial charge in [-0.25, -0.2) is 0 Å². The molecule has 0 nitrogen and oxygen atoms in total. The van der Waals surface area contributed by atoms with E-state index in [4.69, 9.17) is 0 Å². The highest BCUT2D eigenvalue weighted by Gasteiger charge is 1.91. The van der Waals surface area contributed by atoms with Crippen LogP contribution in [0.2, 0.25) is 0 Å². The van der Waals surface area contributed by atoms with Crippen LogP contribution in [0.25, 0.3) is 5.57 Å². The first kappa shape index (κ1) is 15.2. The van der Waals surface area contributed by atoms with Crippen molar-refractivity contribution in [2.75, 3.05) is 0 Å². The highest BCUT2D eigenvalue weighted by Crippen LogP contribution is 2.13. The summed E-state index contributed by atoms with van der Waals surface area (Å²) in [6.45, 7) is 9.76. The van der Waals surface area contributed by atoms with Gasteiger partial charge in [-0.05, 0) is 18.1 Å². The predicted molar refractivity (Wildman–Crippen MR) is 68.4 cm³/mol. The van der Waals surface area contributed by atoms with E-state index < -0.39 is 0 Å². The van der Waals surface area contributed by atoms with Gasteiger partial charge in [0.2, 0.25) is 0 Å². The van der Waals surface area contributed by atoms with Crippen LogP contribution in [0.1, 0.15) is 33.8 Å². The molecule has 0 spiro atoms. The van der Waals surface area contributed by atoms with Gasteiger partial charge >= 0.3 is 0 Å². The van der Waals surface area contributed by atoms with Crippen LogP contribution >= 0.6 is 0 Å². The molecule has 1 rings (SSSR count). The molecule has 0 atom stereocenters. The first-order valence-electron chi connectivity index (χ1n) is 4.72. The fourth-order valence-electron chi connectivity index (χ4n) is 1.03. The van der Waals surface area contributed by atoms with Crippen molar-refractivity contribution in [3.8, 4) is 0 Å². The van der Waals surface area contributed by atoms with Crippen molar-refractivity contribution in [1.82, 2.24) is 0 Å². The molecule has 0 N–H and O–H groups in total. The number of allylic oxidation sites excluding steroid dienone is 3. The zero-order valence-corrected chi connectivity index (χ0v) is 8.75. The fraction of sp³-hybridized carbons (Fsp3) is 0.286. The van der Waals surface area contributed by atoms with Crippen LogP contribution < -0.4 is 0 Å². The lowest BCUT2D eigenvalue weighted by Crippen LogP contribution is -1.76. The minimum absolute atomic E-state index is 0. The summed E-state index contributed by atoms with van der Waals surface area (Å²) < 4.78 is 0. The summed E-state index contributed by atoms with van der Waals surface area (Å²) in [5.74, 6) is 0. The second-order valence-corrected chi connectivity index (χ2v) is 2.31. The summed E-state index contributed by atoms with van der Waals surface area (Å²) in [7, 11) is 0. The first-order valence-corrected chi connectivity index (χ1v) is 4.72. The largest absolute Gasteiger partial charge is 0.0985 e. The molecule has 0 aliphatic carbocycles. The molecule has 14 heavy (non-hydrogen) atoms. The molecule has 0 amide bonds. The monoisotopic (exact) mass is 190 g/mol. The second-order valence-electron chi connectivity index (χ2n) is 2.31. The van der Waals surface area contributed by atoms with Crippen molar-refractivity contribution in [2.24, 2.45) is 0 Å². The van der Waals surface area contributed by atoms with E-state index in [1.54, 1.807) is 0 Å². The predicted octanol–water partition coefficient (Wildman–Crippen LogP) is 4.94. The molecule has 0 heterocycles. The molecule has 0 radical (unpaired) electrons. The zero-order chi connectivity index (χ0) is 10.1. The number of rotatable bonds is 2. The summed E-state index contributed by atoms with van der Waals surface area (Å²) in [6, 6.07) is 10.2. The van der Waals surface area contributed by atoms with Crippen molar-refractivity contribution >= 4 is 5.57 Å². The fourth-order valence-corrected chi connectivity index (χ4v) is 1.03. The van der Waals surface area contributed by atoms with Gasteiger partial charge in [-0.15, -0.1) is 0 Å². The van der Waals surface area contributed by atoms with Crippen LogP contribution in [0.15, 0.2) is 49.1 Å². The average Bonchev–Trinajstić information content (AvgIpc) is 2.24. The summed E-state index contributed by atoms with van der Waals surface area (Å²) in [4.78, 5) is 0. The Hall–Kier alpha value is -1.30. The third-order valence-electron chi connectivity index (χ3n) is 1.64. The van der Waals surface area contributed by atoms with Gasteiger partial charge in [0.25, 0.3) is 0 Å². The topological polar surface area (TPSA) is 0 Å². The normalized spacial score (nSPS) is 9.21. The van der Waals surface area contributed by atoms with Crippen LogP contribution in [0.4, 0.5) is 0 Å². The van der Waals surface area contributed by atoms with Crippen LogP contribution in [-0.4, -0.2) is 0 Å². The van der Waals surface area contributed by atoms with Gasteiger partial charge in [-0.3, -0.25) is 0 Å². The van der Waals surface area contributed by atoms with Gasteiger partial charge in [0.1, 0.15) is 0 Å². The Bertz CT molecular complexity index is 255. The molecule has 0 heteroatoms. The highest BCUT2D eigenvalue weighted by atomic mass is 14.0. The highest BCUT2D eigenvalue weighted by molar-refractivity contribution is 5.72. The van der Waals surface area contributed by atoms with E-state index in [1.807, 2.05) is 45.0 Å². The molecular formula is C14H22. The minimum Gasteiger partial charge on any atom is -0.0985 e. The summed E-state index contributed by atoms with van der Waals surface area (Å²) in [5, 5.41) is 0. The molecule has 0 bridgehead atoms. The van der Waals surface area contributed by atoms with E-state index in [9.17, 15) is 0 Å². The van der Waals surface area contributed by atoms with Crippen molar-refractivity contribution < 1.29 is 0 Å². The molecule has 0 aliphatic rings. The zero-order valence-electron chi connectivity index (χ0n) is 8.75. The molecule has 0 saturated carbocycles. The van der Waals surface area contributed by atoms with E-state index in [2.05, 4.69) is 24.8 Å². The third-order valence-corrected chi connectivity index (χ3v) is 1.64. The molecule has 0 aromatic heterocycles. The van der Waals surface area contributed by atoms with Gasteiger partial charge in [0.15, 0.2) is 0 Å². The van der Waals surface area contributed by atoms with E-state index in [0.29, 0.717) is 0 Å². The smallest absolute Gasteiger partial charge is 0.0188 e. The van der Waals surface area contributed by atoms with Gasteiger partial charge in [-0.2, -0.15) is 0 Å². The Labute approximate surface area is 89.0 Å². The molecule has 1 aromatic rings. The Morgan fingerprint density at radius 1 is 1.14 bits per heavy atom. The lowest BCUT2D eigenvalue weighted by Gasteiger charge is -1.98. The Morgan fingerprint density at radius 3 is 2.00 bits per heavy atom. The van der Waals surface area contributed by atoms with Crippen LogP contribution in [0.5, 0.6) is 0 Å². The van der Waals surface area contributed by atoms with Gasteiger partial charge < -0.3 is 0 Å². The van der Waals surface area contributed by atoms with Crippen LogP contribution in [0.3, 0.4) is 0 Å². The van der Waals surface area contributed by atoms with Crippen LogP contribution in [-0.2, 0) is 0 Å². The Balaban J connectivity index is 0. The van der Waals surface area contributed by atoms with E-state index >= 15 is 0 Å². The molecule has 0 saturated heterocycles. The van der Waals surface area contributed by atoms with Gasteiger partial charge in [0, 0.05) is 0 Å². The first-order chi connectivity index (χ1) is 6.38. The Kier molecular flexibility index (Phi) is 10.6. The number of hydrogen-bond acceptors (Lipinski definition) is 0. The maximum atomic E-state index is 3.74. The number of benzene rings is 1. The van der Waals surface area contributed by atoms with E-state index in [0.717, 1.165) is 0 Å². The SMILES string of the molecule is C.C=C/C(=C\C)c1ccccc1.CC. The molecule has 0 aliphatic heterocycles. The van der Waals surface area contributed by atoms with Crippen molar-refractivity contribution in [3.63, 3.8) is 0 Å². The van der Waals surface area contributed by atoms with Gasteiger partial charge in [0.05, 0.1) is 0 Å². The summed E-state index contributed by atoms with van der Waals surface area (Å²) in [6.07, 6.45) is 3.93. The molecule has 78 valence electrons. The second kappa shape index (κ2) is 9.79. The van der Waals surface area contributed by atoms with Crippen molar-refractivity contribution in [2.45, 2.75) is 28.2 Å². The minimum atomic E-state index is 0. The maximum Gasteiger partial charge on any atom is -0.0188 e. The Morgan fingerprint density at radius 2 is 1.64 bits per heavy atom. The average molecular weight is 190 g/mol. The van der Waals surface area contributed by atoms with Gasteiger partial charge in [-0.1, -0.05) is 70.3 Å². The molecule has 0 fully saturated rings. The van der Waals surface area contributed by atoms with Crippen molar-refractivity contribution in [1.29, 1.82) is 0 Å². The lowest BCUT2D eigenvalue weighted by atomic mass is 10.1. The van der Waals surface area contributed by atoms with E-state index in [1.165, 1.54) is 11.1 Å². The maximum absolute atomic E-state index is 3.74. The number of hydrogen-bond donors (Lipinski definition) is 0.